The van der Waals surface area contributed by atoms with E-state index in [2.05, 4.69) is 22.2 Å². The summed E-state index contributed by atoms with van der Waals surface area (Å²) in [5, 5.41) is 5.32. The lowest BCUT2D eigenvalue weighted by molar-refractivity contribution is 0.842. The number of nitrogens with zero attached hydrogens (tertiary/aromatic N) is 2. The highest BCUT2D eigenvalue weighted by molar-refractivity contribution is 7.07. The largest absolute Gasteiger partial charge is 0.362 e. The molecular weight excluding hydrogens is 194 g/mol. The number of hydrogen-bond donors (Lipinski definition) is 1. The summed E-state index contributed by atoms with van der Waals surface area (Å²) in [6.45, 7) is 2.07. The van der Waals surface area contributed by atoms with Crippen molar-refractivity contribution in [3.8, 4) is 0 Å². The zero-order valence-electron chi connectivity index (χ0n) is 7.84. The fourth-order valence-electron chi connectivity index (χ4n) is 1.18. The maximum Gasteiger partial charge on any atom is 0.126 e. The van der Waals surface area contributed by atoms with E-state index in [9.17, 15) is 0 Å². The molecule has 0 spiro atoms. The Hall–Kier alpha value is -1.42. The number of pyridine rings is 1. The van der Waals surface area contributed by atoms with E-state index >= 15 is 0 Å². The van der Waals surface area contributed by atoms with Crippen LogP contribution >= 0.6 is 11.3 Å². The van der Waals surface area contributed by atoms with Crippen LogP contribution in [0, 0.1) is 0 Å². The molecule has 3 nitrogen and oxygen atoms in total. The van der Waals surface area contributed by atoms with Crippen molar-refractivity contribution in [1.82, 2.24) is 9.97 Å². The first-order chi connectivity index (χ1) is 6.86. The van der Waals surface area contributed by atoms with E-state index in [0.717, 1.165) is 11.5 Å². The average Bonchev–Trinajstić information content (AvgIpc) is 2.72. The van der Waals surface area contributed by atoms with Gasteiger partial charge in [0.2, 0.25) is 0 Å². The highest BCUT2D eigenvalue weighted by Crippen LogP contribution is 2.16. The molecule has 2 aromatic rings. The van der Waals surface area contributed by atoms with Gasteiger partial charge >= 0.3 is 0 Å². The molecule has 2 rings (SSSR count). The summed E-state index contributed by atoms with van der Waals surface area (Å²) >= 11 is 1.61. The fourth-order valence-corrected chi connectivity index (χ4v) is 1.83. The smallest absolute Gasteiger partial charge is 0.126 e. The van der Waals surface area contributed by atoms with Gasteiger partial charge in [0.05, 0.1) is 17.2 Å². The minimum atomic E-state index is 0.205. The molecule has 1 unspecified atom stereocenters. The molecule has 4 heteroatoms. The summed E-state index contributed by atoms with van der Waals surface area (Å²) in [5.41, 5.74) is 2.90. The van der Waals surface area contributed by atoms with E-state index in [4.69, 9.17) is 0 Å². The first-order valence-corrected chi connectivity index (χ1v) is 5.36. The second kappa shape index (κ2) is 4.19. The van der Waals surface area contributed by atoms with Gasteiger partial charge in [0.15, 0.2) is 0 Å². The molecule has 0 aliphatic carbocycles. The molecule has 1 N–H and O–H groups in total. The van der Waals surface area contributed by atoms with Crippen LogP contribution < -0.4 is 5.32 Å². The molecule has 14 heavy (non-hydrogen) atoms. The van der Waals surface area contributed by atoms with Crippen molar-refractivity contribution in [2.75, 3.05) is 5.32 Å². The molecule has 0 fully saturated rings. The zero-order valence-corrected chi connectivity index (χ0v) is 8.66. The van der Waals surface area contributed by atoms with Crippen LogP contribution in [0.15, 0.2) is 35.3 Å². The number of nitrogens with one attached hydrogen (secondary N) is 1. The minimum absolute atomic E-state index is 0.205. The molecule has 72 valence electrons. The second-order valence-corrected chi connectivity index (χ2v) is 3.71. The van der Waals surface area contributed by atoms with Crippen LogP contribution in [0.25, 0.3) is 0 Å². The molecular formula is C10H11N3S. The van der Waals surface area contributed by atoms with Gasteiger partial charge in [-0.05, 0) is 19.1 Å². The highest BCUT2D eigenvalue weighted by atomic mass is 32.1. The van der Waals surface area contributed by atoms with Crippen LogP contribution in [0.5, 0.6) is 0 Å². The molecule has 0 aliphatic rings. The lowest BCUT2D eigenvalue weighted by Gasteiger charge is -2.11. The number of thiazole rings is 1. The first-order valence-electron chi connectivity index (χ1n) is 4.42. The minimum Gasteiger partial charge on any atom is -0.362 e. The lowest BCUT2D eigenvalue weighted by atomic mass is 10.2. The van der Waals surface area contributed by atoms with Gasteiger partial charge < -0.3 is 5.32 Å². The summed E-state index contributed by atoms with van der Waals surface area (Å²) in [6.07, 6.45) is 1.77. The van der Waals surface area contributed by atoms with Crippen LogP contribution in [0.4, 0.5) is 5.82 Å². The van der Waals surface area contributed by atoms with E-state index in [1.807, 2.05) is 29.1 Å². The van der Waals surface area contributed by atoms with Gasteiger partial charge in [-0.1, -0.05) is 6.07 Å². The Morgan fingerprint density at radius 1 is 1.36 bits per heavy atom. The van der Waals surface area contributed by atoms with Crippen molar-refractivity contribution in [2.24, 2.45) is 0 Å². The van der Waals surface area contributed by atoms with Gasteiger partial charge in [0, 0.05) is 11.6 Å². The van der Waals surface area contributed by atoms with Crippen molar-refractivity contribution in [1.29, 1.82) is 0 Å². The summed E-state index contributed by atoms with van der Waals surface area (Å²) in [6, 6.07) is 6.01. The average molecular weight is 205 g/mol. The molecule has 0 aromatic carbocycles. The molecule has 0 saturated carbocycles. The Morgan fingerprint density at radius 3 is 2.93 bits per heavy atom. The van der Waals surface area contributed by atoms with Gasteiger partial charge in [-0.2, -0.15) is 0 Å². The van der Waals surface area contributed by atoms with E-state index in [1.54, 1.807) is 17.5 Å². The monoisotopic (exact) mass is 205 g/mol. The van der Waals surface area contributed by atoms with Gasteiger partial charge in [0.25, 0.3) is 0 Å². The Morgan fingerprint density at radius 2 is 2.29 bits per heavy atom. The Bertz CT molecular complexity index is 372. The highest BCUT2D eigenvalue weighted by Gasteiger charge is 2.06. The zero-order chi connectivity index (χ0) is 9.80. The third-order valence-electron chi connectivity index (χ3n) is 1.92. The fraction of sp³-hybridized carbons (Fsp3) is 0.200. The Kier molecular flexibility index (Phi) is 2.74. The third kappa shape index (κ3) is 2.09. The normalized spacial score (nSPS) is 12.4. The van der Waals surface area contributed by atoms with E-state index in [1.165, 1.54) is 0 Å². The SMILES string of the molecule is CC(Nc1ccccn1)c1cscn1. The number of rotatable bonds is 3. The van der Waals surface area contributed by atoms with E-state index in [0.29, 0.717) is 0 Å². The maximum atomic E-state index is 4.24. The third-order valence-corrected chi connectivity index (χ3v) is 2.53. The van der Waals surface area contributed by atoms with Crippen molar-refractivity contribution in [3.63, 3.8) is 0 Å². The van der Waals surface area contributed by atoms with Crippen molar-refractivity contribution in [3.05, 3.63) is 41.0 Å². The lowest BCUT2D eigenvalue weighted by Crippen LogP contribution is -2.07. The molecule has 0 saturated heterocycles. The molecule has 0 aliphatic heterocycles. The Balaban J connectivity index is 2.06. The molecule has 0 bridgehead atoms. The summed E-state index contributed by atoms with van der Waals surface area (Å²) < 4.78 is 0. The summed E-state index contributed by atoms with van der Waals surface area (Å²) in [4.78, 5) is 8.43. The summed E-state index contributed by atoms with van der Waals surface area (Å²) in [7, 11) is 0. The molecule has 2 aromatic heterocycles. The second-order valence-electron chi connectivity index (χ2n) is 2.99. The molecule has 0 radical (unpaired) electrons. The number of hydrogen-bond acceptors (Lipinski definition) is 4. The number of aromatic nitrogens is 2. The van der Waals surface area contributed by atoms with Gasteiger partial charge in [0.1, 0.15) is 5.82 Å². The van der Waals surface area contributed by atoms with Crippen molar-refractivity contribution < 1.29 is 0 Å². The van der Waals surface area contributed by atoms with E-state index in [-0.39, 0.29) is 6.04 Å². The van der Waals surface area contributed by atoms with Crippen molar-refractivity contribution in [2.45, 2.75) is 13.0 Å². The van der Waals surface area contributed by atoms with Crippen LogP contribution in [0.3, 0.4) is 0 Å². The standard InChI is InChI=1S/C10H11N3S/c1-8(9-6-14-7-12-9)13-10-4-2-3-5-11-10/h2-8H,1H3,(H,11,13). The quantitative estimate of drug-likeness (QED) is 0.837. The molecule has 1 atom stereocenters. The topological polar surface area (TPSA) is 37.8 Å². The van der Waals surface area contributed by atoms with Crippen LogP contribution in [-0.4, -0.2) is 9.97 Å². The summed E-state index contributed by atoms with van der Waals surface area (Å²) in [5.74, 6) is 0.882. The van der Waals surface area contributed by atoms with Crippen LogP contribution in [0.1, 0.15) is 18.7 Å². The Labute approximate surface area is 86.8 Å². The van der Waals surface area contributed by atoms with Gasteiger partial charge in [-0.25, -0.2) is 9.97 Å². The molecule has 0 amide bonds. The maximum absolute atomic E-state index is 4.24. The van der Waals surface area contributed by atoms with Crippen LogP contribution in [0.2, 0.25) is 0 Å². The van der Waals surface area contributed by atoms with E-state index < -0.39 is 0 Å². The van der Waals surface area contributed by atoms with Crippen LogP contribution in [-0.2, 0) is 0 Å². The van der Waals surface area contributed by atoms with Gasteiger partial charge in [-0.15, -0.1) is 11.3 Å². The first kappa shape index (κ1) is 9.15. The van der Waals surface area contributed by atoms with Gasteiger partial charge in [-0.3, -0.25) is 0 Å². The predicted octanol–water partition coefficient (Wildman–Crippen LogP) is 2.71. The molecule has 2 heterocycles. The van der Waals surface area contributed by atoms with Crippen molar-refractivity contribution >= 4 is 17.2 Å². The predicted molar refractivity (Wildman–Crippen MR) is 58.4 cm³/mol. The number of anilines is 1.